The zero-order chi connectivity index (χ0) is 13.8. The Labute approximate surface area is 123 Å². The van der Waals surface area contributed by atoms with E-state index in [9.17, 15) is 4.79 Å². The maximum atomic E-state index is 12.5. The van der Waals surface area contributed by atoms with Crippen LogP contribution in [0.3, 0.4) is 0 Å². The van der Waals surface area contributed by atoms with E-state index in [0.29, 0.717) is 6.04 Å². The smallest absolute Gasteiger partial charge is 0.238 e. The molecule has 2 aromatic carbocycles. The van der Waals surface area contributed by atoms with Crippen molar-refractivity contribution in [2.45, 2.75) is 29.0 Å². The Bertz CT molecular complexity index is 566. The molecule has 0 heterocycles. The summed E-state index contributed by atoms with van der Waals surface area (Å²) in [6, 6.07) is 20.5. The molecule has 3 rings (SSSR count). The Kier molecular flexibility index (Phi) is 4.07. The molecule has 3 heteroatoms. The molecule has 1 aliphatic rings. The first-order valence-electron chi connectivity index (χ1n) is 6.90. The van der Waals surface area contributed by atoms with E-state index in [2.05, 4.69) is 5.32 Å². The molecule has 102 valence electrons. The van der Waals surface area contributed by atoms with Crippen molar-refractivity contribution in [1.29, 1.82) is 0 Å². The highest BCUT2D eigenvalue weighted by molar-refractivity contribution is 8.00. The minimum atomic E-state index is -0.181. The van der Waals surface area contributed by atoms with Gasteiger partial charge in [0.15, 0.2) is 0 Å². The summed E-state index contributed by atoms with van der Waals surface area (Å²) in [5, 5.41) is 2.93. The van der Waals surface area contributed by atoms with Crippen LogP contribution >= 0.6 is 11.8 Å². The molecule has 0 saturated heterocycles. The maximum absolute atomic E-state index is 12.5. The van der Waals surface area contributed by atoms with Gasteiger partial charge in [0, 0.05) is 10.9 Å². The molecule has 0 radical (unpaired) electrons. The van der Waals surface area contributed by atoms with Crippen LogP contribution in [0.15, 0.2) is 65.6 Å². The van der Waals surface area contributed by atoms with Gasteiger partial charge in [-0.15, -0.1) is 11.8 Å². The predicted octanol–water partition coefficient (Wildman–Crippen LogP) is 3.80. The second kappa shape index (κ2) is 6.14. The maximum Gasteiger partial charge on any atom is 0.238 e. The molecule has 0 spiro atoms. The summed E-state index contributed by atoms with van der Waals surface area (Å²) in [7, 11) is 0. The lowest BCUT2D eigenvalue weighted by Gasteiger charge is -2.16. The highest BCUT2D eigenvalue weighted by Gasteiger charge is 2.28. The first kappa shape index (κ1) is 13.3. The zero-order valence-corrected chi connectivity index (χ0v) is 12.0. The normalized spacial score (nSPS) is 15.6. The van der Waals surface area contributed by atoms with Crippen molar-refractivity contribution in [3.8, 4) is 0 Å². The third-order valence-electron chi connectivity index (χ3n) is 3.26. The van der Waals surface area contributed by atoms with Crippen molar-refractivity contribution in [1.82, 2.24) is 5.32 Å². The Balaban J connectivity index is 1.81. The fraction of sp³-hybridized carbons (Fsp3) is 0.235. The Hall–Kier alpha value is -1.74. The van der Waals surface area contributed by atoms with E-state index in [1.54, 1.807) is 11.8 Å². The Morgan fingerprint density at radius 1 is 1.00 bits per heavy atom. The van der Waals surface area contributed by atoms with Gasteiger partial charge in [-0.05, 0) is 30.5 Å². The second-order valence-corrected chi connectivity index (χ2v) is 6.18. The fourth-order valence-corrected chi connectivity index (χ4v) is 3.10. The van der Waals surface area contributed by atoms with Crippen LogP contribution < -0.4 is 5.32 Å². The monoisotopic (exact) mass is 283 g/mol. The average Bonchev–Trinajstić information content (AvgIpc) is 3.30. The molecule has 1 fully saturated rings. The summed E-state index contributed by atoms with van der Waals surface area (Å²) in [6.07, 6.45) is 2.23. The molecule has 20 heavy (non-hydrogen) atoms. The van der Waals surface area contributed by atoms with Gasteiger partial charge in [0.1, 0.15) is 5.25 Å². The van der Waals surface area contributed by atoms with Crippen molar-refractivity contribution >= 4 is 17.7 Å². The van der Waals surface area contributed by atoms with Crippen LogP contribution in [-0.2, 0) is 4.79 Å². The van der Waals surface area contributed by atoms with Gasteiger partial charge in [0.2, 0.25) is 5.91 Å². The topological polar surface area (TPSA) is 29.1 Å². The van der Waals surface area contributed by atoms with E-state index in [4.69, 9.17) is 0 Å². The van der Waals surface area contributed by atoms with Crippen LogP contribution in [0.25, 0.3) is 0 Å². The van der Waals surface area contributed by atoms with Gasteiger partial charge < -0.3 is 5.32 Å². The van der Waals surface area contributed by atoms with Gasteiger partial charge >= 0.3 is 0 Å². The number of hydrogen-bond acceptors (Lipinski definition) is 2. The molecular weight excluding hydrogens is 266 g/mol. The molecule has 1 atom stereocenters. The Morgan fingerprint density at radius 3 is 2.20 bits per heavy atom. The third-order valence-corrected chi connectivity index (χ3v) is 4.53. The number of thioether (sulfide) groups is 1. The standard InChI is InChI=1S/C17H17NOS/c19-17(18-14-11-12-14)16(13-7-3-1-4-8-13)20-15-9-5-2-6-10-15/h1-10,14,16H,11-12H2,(H,18,19)/t16-/m0/s1. The lowest BCUT2D eigenvalue weighted by atomic mass is 10.1. The van der Waals surface area contributed by atoms with E-state index in [0.717, 1.165) is 23.3 Å². The molecule has 2 nitrogen and oxygen atoms in total. The van der Waals surface area contributed by atoms with Gasteiger partial charge in [0.25, 0.3) is 0 Å². The van der Waals surface area contributed by atoms with Gasteiger partial charge in [-0.1, -0.05) is 48.5 Å². The highest BCUT2D eigenvalue weighted by Crippen LogP contribution is 2.36. The van der Waals surface area contributed by atoms with Gasteiger partial charge in [-0.25, -0.2) is 0 Å². The van der Waals surface area contributed by atoms with Crippen molar-refractivity contribution < 1.29 is 4.79 Å². The molecular formula is C17H17NOS. The van der Waals surface area contributed by atoms with Crippen molar-refractivity contribution in [2.24, 2.45) is 0 Å². The van der Waals surface area contributed by atoms with Crippen molar-refractivity contribution in [3.63, 3.8) is 0 Å². The van der Waals surface area contributed by atoms with Crippen LogP contribution in [0.5, 0.6) is 0 Å². The molecule has 1 amide bonds. The molecule has 0 aromatic heterocycles. The van der Waals surface area contributed by atoms with E-state index in [-0.39, 0.29) is 11.2 Å². The van der Waals surface area contributed by atoms with Crippen LogP contribution in [0, 0.1) is 0 Å². The summed E-state index contributed by atoms with van der Waals surface area (Å²) in [5.41, 5.74) is 1.06. The lowest BCUT2D eigenvalue weighted by molar-refractivity contribution is -0.120. The third kappa shape index (κ3) is 3.42. The van der Waals surface area contributed by atoms with Crippen LogP contribution in [0.4, 0.5) is 0 Å². The van der Waals surface area contributed by atoms with Gasteiger partial charge in [-0.2, -0.15) is 0 Å². The van der Waals surface area contributed by atoms with E-state index < -0.39 is 0 Å². The second-order valence-electron chi connectivity index (χ2n) is 5.00. The summed E-state index contributed by atoms with van der Waals surface area (Å²) in [6.45, 7) is 0. The minimum absolute atomic E-state index is 0.118. The number of rotatable bonds is 5. The predicted molar refractivity (Wildman–Crippen MR) is 82.6 cm³/mol. The summed E-state index contributed by atoms with van der Waals surface area (Å²) < 4.78 is 0. The van der Waals surface area contributed by atoms with Crippen molar-refractivity contribution in [3.05, 3.63) is 66.2 Å². The number of amides is 1. The summed E-state index contributed by atoms with van der Waals surface area (Å²) in [5.74, 6) is 0.118. The van der Waals surface area contributed by atoms with E-state index >= 15 is 0 Å². The number of carbonyl (C=O) groups excluding carboxylic acids is 1. The lowest BCUT2D eigenvalue weighted by Crippen LogP contribution is -2.29. The fourth-order valence-electron chi connectivity index (χ4n) is 2.04. The summed E-state index contributed by atoms with van der Waals surface area (Å²) in [4.78, 5) is 13.6. The largest absolute Gasteiger partial charge is 0.352 e. The first-order valence-corrected chi connectivity index (χ1v) is 7.78. The minimum Gasteiger partial charge on any atom is -0.352 e. The van der Waals surface area contributed by atoms with Gasteiger partial charge in [0.05, 0.1) is 0 Å². The molecule has 1 saturated carbocycles. The van der Waals surface area contributed by atoms with E-state index in [1.165, 1.54) is 0 Å². The molecule has 0 aliphatic heterocycles. The first-order chi connectivity index (χ1) is 9.83. The molecule has 1 aliphatic carbocycles. The van der Waals surface area contributed by atoms with Gasteiger partial charge in [-0.3, -0.25) is 4.79 Å². The van der Waals surface area contributed by atoms with Crippen LogP contribution in [-0.4, -0.2) is 11.9 Å². The molecule has 0 bridgehead atoms. The average molecular weight is 283 g/mol. The number of benzene rings is 2. The zero-order valence-electron chi connectivity index (χ0n) is 11.2. The SMILES string of the molecule is O=C(NC1CC1)[C@@H](Sc1ccccc1)c1ccccc1. The molecule has 0 unspecified atom stereocenters. The Morgan fingerprint density at radius 2 is 1.60 bits per heavy atom. The van der Waals surface area contributed by atoms with Crippen molar-refractivity contribution in [2.75, 3.05) is 0 Å². The molecule has 1 N–H and O–H groups in total. The number of carbonyl (C=O) groups is 1. The quantitative estimate of drug-likeness (QED) is 0.846. The molecule has 2 aromatic rings. The van der Waals surface area contributed by atoms with Crippen LogP contribution in [0.2, 0.25) is 0 Å². The number of hydrogen-bond donors (Lipinski definition) is 1. The van der Waals surface area contributed by atoms with Crippen LogP contribution in [0.1, 0.15) is 23.7 Å². The summed E-state index contributed by atoms with van der Waals surface area (Å²) >= 11 is 1.61. The number of nitrogens with one attached hydrogen (secondary N) is 1. The van der Waals surface area contributed by atoms with E-state index in [1.807, 2.05) is 60.7 Å². The highest BCUT2D eigenvalue weighted by atomic mass is 32.2.